The van der Waals surface area contributed by atoms with Gasteiger partial charge in [0.1, 0.15) is 17.4 Å². The largest absolute Gasteiger partial charge is 0.480 e. The first-order valence-electron chi connectivity index (χ1n) is 5.47. The molecule has 0 spiro atoms. The molecular weight excluding hydrogens is 224 g/mol. The van der Waals surface area contributed by atoms with Gasteiger partial charge in [0.15, 0.2) is 0 Å². The van der Waals surface area contributed by atoms with Crippen LogP contribution in [0.3, 0.4) is 0 Å². The van der Waals surface area contributed by atoms with Gasteiger partial charge in [0.25, 0.3) is 5.91 Å². The van der Waals surface area contributed by atoms with Gasteiger partial charge >= 0.3 is 5.97 Å². The lowest BCUT2D eigenvalue weighted by Gasteiger charge is -2.22. The molecule has 1 aromatic rings. The SMILES string of the molecule is Cc1oncc1C(=O)N1CCC(C)C1C(=O)O. The summed E-state index contributed by atoms with van der Waals surface area (Å²) in [4.78, 5) is 24.7. The Balaban J connectivity index is 2.26. The lowest BCUT2D eigenvalue weighted by Crippen LogP contribution is -2.42. The molecule has 6 nitrogen and oxygen atoms in total. The highest BCUT2D eigenvalue weighted by atomic mass is 16.5. The van der Waals surface area contributed by atoms with E-state index >= 15 is 0 Å². The zero-order chi connectivity index (χ0) is 12.6. The Morgan fingerprint density at radius 1 is 1.59 bits per heavy atom. The lowest BCUT2D eigenvalue weighted by molar-refractivity contribution is -0.142. The van der Waals surface area contributed by atoms with Crippen LogP contribution in [0.2, 0.25) is 0 Å². The number of aliphatic carboxylic acids is 1. The van der Waals surface area contributed by atoms with E-state index in [1.54, 1.807) is 6.92 Å². The normalized spacial score (nSPS) is 24.0. The highest BCUT2D eigenvalue weighted by Crippen LogP contribution is 2.26. The number of carboxylic acid groups (broad SMARTS) is 1. The number of likely N-dealkylation sites (tertiary alicyclic amines) is 1. The number of nitrogens with zero attached hydrogens (tertiary/aromatic N) is 2. The van der Waals surface area contributed by atoms with Gasteiger partial charge in [0.05, 0.1) is 6.20 Å². The molecule has 1 amide bonds. The van der Waals surface area contributed by atoms with Gasteiger partial charge in [-0.25, -0.2) is 4.79 Å². The van der Waals surface area contributed by atoms with Crippen molar-refractivity contribution in [2.75, 3.05) is 6.54 Å². The van der Waals surface area contributed by atoms with E-state index in [0.717, 1.165) is 0 Å². The maximum atomic E-state index is 12.2. The minimum atomic E-state index is -0.961. The van der Waals surface area contributed by atoms with E-state index in [1.165, 1.54) is 11.1 Å². The van der Waals surface area contributed by atoms with Crippen molar-refractivity contribution in [3.63, 3.8) is 0 Å². The smallest absolute Gasteiger partial charge is 0.326 e. The molecule has 0 aliphatic carbocycles. The third kappa shape index (κ3) is 1.90. The molecule has 2 heterocycles. The van der Waals surface area contributed by atoms with E-state index in [0.29, 0.717) is 24.3 Å². The summed E-state index contributed by atoms with van der Waals surface area (Å²) in [6.45, 7) is 3.93. The van der Waals surface area contributed by atoms with E-state index in [1.807, 2.05) is 6.92 Å². The first-order valence-corrected chi connectivity index (χ1v) is 5.47. The fraction of sp³-hybridized carbons (Fsp3) is 0.545. The van der Waals surface area contributed by atoms with Crippen molar-refractivity contribution in [3.8, 4) is 0 Å². The Bertz CT molecular complexity index is 454. The Morgan fingerprint density at radius 3 is 2.82 bits per heavy atom. The predicted octanol–water partition coefficient (Wildman–Crippen LogP) is 0.918. The number of amides is 1. The van der Waals surface area contributed by atoms with E-state index in [2.05, 4.69) is 5.16 Å². The van der Waals surface area contributed by atoms with E-state index < -0.39 is 12.0 Å². The molecule has 2 rings (SSSR count). The topological polar surface area (TPSA) is 83.6 Å². The number of hydrogen-bond acceptors (Lipinski definition) is 4. The molecule has 1 saturated heterocycles. The van der Waals surface area contributed by atoms with Crippen LogP contribution in [-0.2, 0) is 4.79 Å². The van der Waals surface area contributed by atoms with Crippen LogP contribution in [0.15, 0.2) is 10.7 Å². The second-order valence-electron chi connectivity index (χ2n) is 4.34. The van der Waals surface area contributed by atoms with Gasteiger partial charge in [-0.2, -0.15) is 0 Å². The predicted molar refractivity (Wildman–Crippen MR) is 57.5 cm³/mol. The number of rotatable bonds is 2. The quantitative estimate of drug-likeness (QED) is 0.828. The zero-order valence-electron chi connectivity index (χ0n) is 9.71. The van der Waals surface area contributed by atoms with Crippen LogP contribution >= 0.6 is 0 Å². The van der Waals surface area contributed by atoms with E-state index in [9.17, 15) is 9.59 Å². The van der Waals surface area contributed by atoms with Crippen LogP contribution in [-0.4, -0.2) is 39.6 Å². The summed E-state index contributed by atoms with van der Waals surface area (Å²) in [6.07, 6.45) is 2.03. The highest BCUT2D eigenvalue weighted by molar-refractivity contribution is 5.97. The molecule has 17 heavy (non-hydrogen) atoms. The molecule has 0 radical (unpaired) electrons. The number of hydrogen-bond donors (Lipinski definition) is 1. The molecule has 0 aromatic carbocycles. The molecule has 2 atom stereocenters. The number of carboxylic acids is 1. The monoisotopic (exact) mass is 238 g/mol. The van der Waals surface area contributed by atoms with Gasteiger partial charge in [-0.3, -0.25) is 4.79 Å². The number of carbonyl (C=O) groups is 2. The summed E-state index contributed by atoms with van der Waals surface area (Å²) >= 11 is 0. The third-order valence-electron chi connectivity index (χ3n) is 3.20. The van der Waals surface area contributed by atoms with Crippen molar-refractivity contribution in [1.29, 1.82) is 0 Å². The molecule has 1 aromatic heterocycles. The average Bonchev–Trinajstić information content (AvgIpc) is 2.83. The van der Waals surface area contributed by atoms with Gasteiger partial charge < -0.3 is 14.5 Å². The Hall–Kier alpha value is -1.85. The maximum absolute atomic E-state index is 12.2. The van der Waals surface area contributed by atoms with Gasteiger partial charge in [0, 0.05) is 6.54 Å². The fourth-order valence-electron chi connectivity index (χ4n) is 2.21. The Labute approximate surface area is 98.2 Å². The molecule has 1 aliphatic heterocycles. The first kappa shape index (κ1) is 11.6. The van der Waals surface area contributed by atoms with Gasteiger partial charge in [0.2, 0.25) is 0 Å². The average molecular weight is 238 g/mol. The third-order valence-corrected chi connectivity index (χ3v) is 3.20. The van der Waals surface area contributed by atoms with Crippen LogP contribution in [0, 0.1) is 12.8 Å². The molecule has 0 saturated carbocycles. The van der Waals surface area contributed by atoms with Crippen molar-refractivity contribution in [1.82, 2.24) is 10.1 Å². The molecule has 0 bridgehead atoms. The molecule has 6 heteroatoms. The summed E-state index contributed by atoms with van der Waals surface area (Å²) in [7, 11) is 0. The van der Waals surface area contributed by atoms with Gasteiger partial charge in [-0.1, -0.05) is 12.1 Å². The minimum Gasteiger partial charge on any atom is -0.480 e. The number of aromatic nitrogens is 1. The van der Waals surface area contributed by atoms with Crippen molar-refractivity contribution in [2.24, 2.45) is 5.92 Å². The van der Waals surface area contributed by atoms with Crippen LogP contribution in [0.5, 0.6) is 0 Å². The molecule has 2 unspecified atom stereocenters. The van der Waals surface area contributed by atoms with Gasteiger partial charge in [-0.05, 0) is 19.3 Å². The lowest BCUT2D eigenvalue weighted by atomic mass is 10.0. The van der Waals surface area contributed by atoms with Crippen molar-refractivity contribution >= 4 is 11.9 Å². The maximum Gasteiger partial charge on any atom is 0.326 e. The van der Waals surface area contributed by atoms with Crippen LogP contribution in [0.25, 0.3) is 0 Å². The zero-order valence-corrected chi connectivity index (χ0v) is 9.71. The number of aryl methyl sites for hydroxylation is 1. The van der Waals surface area contributed by atoms with E-state index in [4.69, 9.17) is 9.63 Å². The van der Waals surface area contributed by atoms with Crippen molar-refractivity contribution in [3.05, 3.63) is 17.5 Å². The molecular formula is C11H14N2O4. The summed E-state index contributed by atoms with van der Waals surface area (Å²) in [5.41, 5.74) is 0.338. The highest BCUT2D eigenvalue weighted by Gasteiger charge is 2.40. The van der Waals surface area contributed by atoms with Crippen LogP contribution < -0.4 is 0 Å². The van der Waals surface area contributed by atoms with Gasteiger partial charge in [-0.15, -0.1) is 0 Å². The molecule has 1 N–H and O–H groups in total. The standard InChI is InChI=1S/C11H14N2O4/c1-6-3-4-13(9(6)11(15)16)10(14)8-5-12-17-7(8)2/h5-6,9H,3-4H2,1-2H3,(H,15,16). The van der Waals surface area contributed by atoms with Crippen LogP contribution in [0.1, 0.15) is 29.5 Å². The van der Waals surface area contributed by atoms with Crippen molar-refractivity contribution < 1.29 is 19.2 Å². The Kier molecular flexibility index (Phi) is 2.87. The summed E-state index contributed by atoms with van der Waals surface area (Å²) in [5, 5.41) is 12.7. The van der Waals surface area contributed by atoms with E-state index in [-0.39, 0.29) is 11.8 Å². The minimum absolute atomic E-state index is 0.0309. The summed E-state index contributed by atoms with van der Waals surface area (Å²) < 4.78 is 4.82. The van der Waals surface area contributed by atoms with Crippen LogP contribution in [0.4, 0.5) is 0 Å². The number of carbonyl (C=O) groups excluding carboxylic acids is 1. The summed E-state index contributed by atoms with van der Waals surface area (Å²) in [6, 6.07) is -0.753. The molecule has 1 aliphatic rings. The second kappa shape index (κ2) is 4.20. The van der Waals surface area contributed by atoms with Crippen molar-refractivity contribution in [2.45, 2.75) is 26.3 Å². The second-order valence-corrected chi connectivity index (χ2v) is 4.34. The first-order chi connectivity index (χ1) is 8.02. The molecule has 1 fully saturated rings. The fourth-order valence-corrected chi connectivity index (χ4v) is 2.21. The summed E-state index contributed by atoms with van der Waals surface area (Å²) in [5.74, 6) is -0.895. The Morgan fingerprint density at radius 2 is 2.29 bits per heavy atom. The molecule has 92 valence electrons.